The molecule has 0 unspecified atom stereocenters. The summed E-state index contributed by atoms with van der Waals surface area (Å²) in [6, 6.07) is 2.63. The van der Waals surface area contributed by atoms with Gasteiger partial charge in [-0.1, -0.05) is 13.8 Å². The molecule has 1 saturated carbocycles. The lowest BCUT2D eigenvalue weighted by Gasteiger charge is -2.21. The lowest BCUT2D eigenvalue weighted by atomic mass is 9.92. The van der Waals surface area contributed by atoms with Crippen molar-refractivity contribution in [3.63, 3.8) is 0 Å². The largest absolute Gasteiger partial charge is 0.459 e. The molecule has 5 heteroatoms. The second-order valence-corrected chi connectivity index (χ2v) is 5.91. The Kier molecular flexibility index (Phi) is 4.16. The Bertz CT molecular complexity index is 475. The summed E-state index contributed by atoms with van der Waals surface area (Å²) in [5, 5.41) is 5.56. The molecule has 1 fully saturated rings. The third kappa shape index (κ3) is 3.21. The first kappa shape index (κ1) is 14.6. The average molecular weight is 278 g/mol. The van der Waals surface area contributed by atoms with Crippen molar-refractivity contribution in [1.82, 2.24) is 10.6 Å². The van der Waals surface area contributed by atoms with Gasteiger partial charge in [-0.25, -0.2) is 0 Å². The van der Waals surface area contributed by atoms with Gasteiger partial charge < -0.3 is 15.1 Å². The topological polar surface area (TPSA) is 71.3 Å². The summed E-state index contributed by atoms with van der Waals surface area (Å²) in [5.41, 5.74) is 0.264. The lowest BCUT2D eigenvalue weighted by Crippen LogP contribution is -2.46. The summed E-state index contributed by atoms with van der Waals surface area (Å²) in [6.07, 6.45) is 3.76. The summed E-state index contributed by atoms with van der Waals surface area (Å²) in [4.78, 5) is 23.7. The van der Waals surface area contributed by atoms with Crippen LogP contribution in [-0.4, -0.2) is 24.4 Å². The van der Waals surface area contributed by atoms with Crippen LogP contribution in [0.15, 0.2) is 22.8 Å². The van der Waals surface area contributed by atoms with Gasteiger partial charge in [0.15, 0.2) is 5.76 Å². The molecule has 0 spiro atoms. The third-order valence-corrected chi connectivity index (χ3v) is 4.22. The van der Waals surface area contributed by atoms with E-state index in [1.807, 2.05) is 0 Å². The maximum absolute atomic E-state index is 12.0. The molecule has 0 aliphatic heterocycles. The van der Waals surface area contributed by atoms with Crippen molar-refractivity contribution in [3.8, 4) is 0 Å². The first-order valence-corrected chi connectivity index (χ1v) is 7.07. The predicted molar refractivity (Wildman–Crippen MR) is 75.2 cm³/mol. The summed E-state index contributed by atoms with van der Waals surface area (Å²) in [5.74, 6) is 0.251. The van der Waals surface area contributed by atoms with Crippen LogP contribution in [-0.2, 0) is 4.79 Å². The number of hydrogen-bond donors (Lipinski definition) is 2. The number of furan rings is 1. The van der Waals surface area contributed by atoms with Crippen LogP contribution in [0.5, 0.6) is 0 Å². The van der Waals surface area contributed by atoms with Gasteiger partial charge in [0, 0.05) is 6.54 Å². The summed E-state index contributed by atoms with van der Waals surface area (Å²) in [7, 11) is 0. The quantitative estimate of drug-likeness (QED) is 0.835. The molecular weight excluding hydrogens is 256 g/mol. The van der Waals surface area contributed by atoms with Crippen LogP contribution in [0.4, 0.5) is 0 Å². The molecule has 1 aromatic rings. The van der Waals surface area contributed by atoms with E-state index in [1.165, 1.54) is 6.26 Å². The molecule has 0 saturated heterocycles. The van der Waals surface area contributed by atoms with Crippen molar-refractivity contribution in [2.45, 2.75) is 39.7 Å². The zero-order chi connectivity index (χ0) is 14.8. The summed E-state index contributed by atoms with van der Waals surface area (Å²) in [6.45, 7) is 6.72. The smallest absolute Gasteiger partial charge is 0.287 e. The first-order valence-electron chi connectivity index (χ1n) is 7.07. The minimum absolute atomic E-state index is 0.156. The molecule has 2 rings (SSSR count). The molecular formula is C15H22N2O3. The van der Waals surface area contributed by atoms with Gasteiger partial charge in [-0.3, -0.25) is 9.59 Å². The van der Waals surface area contributed by atoms with E-state index < -0.39 is 6.04 Å². The number of carbonyl (C=O) groups excluding carboxylic acids is 2. The third-order valence-electron chi connectivity index (χ3n) is 4.22. The van der Waals surface area contributed by atoms with Gasteiger partial charge in [-0.15, -0.1) is 0 Å². The molecule has 1 heterocycles. The van der Waals surface area contributed by atoms with Gasteiger partial charge in [0.25, 0.3) is 5.91 Å². The second-order valence-electron chi connectivity index (χ2n) is 5.91. The number of nitrogens with one attached hydrogen (secondary N) is 2. The van der Waals surface area contributed by atoms with Gasteiger partial charge >= 0.3 is 0 Å². The normalized spacial score (nSPS) is 17.6. The maximum Gasteiger partial charge on any atom is 0.287 e. The molecule has 1 atom stereocenters. The number of hydrogen-bond acceptors (Lipinski definition) is 3. The Morgan fingerprint density at radius 3 is 2.55 bits per heavy atom. The van der Waals surface area contributed by atoms with Crippen LogP contribution in [0.25, 0.3) is 0 Å². The van der Waals surface area contributed by atoms with Crippen LogP contribution < -0.4 is 10.6 Å². The number of rotatable bonds is 6. The Morgan fingerprint density at radius 2 is 2.05 bits per heavy atom. The summed E-state index contributed by atoms with van der Waals surface area (Å²) >= 11 is 0. The highest BCUT2D eigenvalue weighted by Crippen LogP contribution is 2.51. The zero-order valence-electron chi connectivity index (χ0n) is 12.2. The van der Waals surface area contributed by atoms with Gasteiger partial charge in [0.05, 0.1) is 6.26 Å². The highest BCUT2D eigenvalue weighted by molar-refractivity contribution is 5.95. The van der Waals surface area contributed by atoms with Crippen LogP contribution in [0, 0.1) is 11.3 Å². The molecule has 5 nitrogen and oxygen atoms in total. The van der Waals surface area contributed by atoms with Gasteiger partial charge in [-0.05, 0) is 43.2 Å². The van der Waals surface area contributed by atoms with E-state index in [0.29, 0.717) is 12.5 Å². The molecule has 1 aliphatic carbocycles. The zero-order valence-corrected chi connectivity index (χ0v) is 12.2. The molecule has 20 heavy (non-hydrogen) atoms. The molecule has 2 N–H and O–H groups in total. The van der Waals surface area contributed by atoms with Crippen molar-refractivity contribution in [2.24, 2.45) is 11.3 Å². The van der Waals surface area contributed by atoms with Gasteiger partial charge in [0.1, 0.15) is 6.04 Å². The standard InChI is InChI=1S/C15H22N2O3/c1-10(2)15(6-7-15)9-16-13(18)11(3)17-14(19)12-5-4-8-20-12/h4-5,8,10-11H,6-7,9H2,1-3H3,(H,16,18)(H,17,19)/t11-/m1/s1. The van der Waals surface area contributed by atoms with E-state index >= 15 is 0 Å². The van der Waals surface area contributed by atoms with Crippen LogP contribution in [0.1, 0.15) is 44.2 Å². The van der Waals surface area contributed by atoms with E-state index in [1.54, 1.807) is 19.1 Å². The molecule has 0 bridgehead atoms. The minimum atomic E-state index is -0.574. The lowest BCUT2D eigenvalue weighted by molar-refractivity contribution is -0.122. The fourth-order valence-corrected chi connectivity index (χ4v) is 2.28. The van der Waals surface area contributed by atoms with E-state index in [9.17, 15) is 9.59 Å². The van der Waals surface area contributed by atoms with Crippen molar-refractivity contribution in [2.75, 3.05) is 6.54 Å². The molecule has 0 aromatic carbocycles. The second kappa shape index (κ2) is 5.69. The number of amides is 2. The van der Waals surface area contributed by atoms with E-state index in [-0.39, 0.29) is 23.0 Å². The van der Waals surface area contributed by atoms with E-state index in [0.717, 1.165) is 12.8 Å². The molecule has 110 valence electrons. The van der Waals surface area contributed by atoms with Crippen molar-refractivity contribution < 1.29 is 14.0 Å². The van der Waals surface area contributed by atoms with Crippen molar-refractivity contribution in [3.05, 3.63) is 24.2 Å². The molecule has 2 amide bonds. The fraction of sp³-hybridized carbons (Fsp3) is 0.600. The van der Waals surface area contributed by atoms with Gasteiger partial charge in [-0.2, -0.15) is 0 Å². The van der Waals surface area contributed by atoms with Crippen LogP contribution in [0.3, 0.4) is 0 Å². The first-order chi connectivity index (χ1) is 9.44. The Labute approximate surface area is 119 Å². The van der Waals surface area contributed by atoms with Crippen LogP contribution >= 0.6 is 0 Å². The van der Waals surface area contributed by atoms with E-state index in [2.05, 4.69) is 24.5 Å². The van der Waals surface area contributed by atoms with E-state index in [4.69, 9.17) is 4.42 Å². The highest BCUT2D eigenvalue weighted by atomic mass is 16.3. The Hall–Kier alpha value is -1.78. The van der Waals surface area contributed by atoms with Crippen molar-refractivity contribution >= 4 is 11.8 Å². The molecule has 1 aliphatic rings. The monoisotopic (exact) mass is 278 g/mol. The van der Waals surface area contributed by atoms with Crippen LogP contribution in [0.2, 0.25) is 0 Å². The minimum Gasteiger partial charge on any atom is -0.459 e. The summed E-state index contributed by atoms with van der Waals surface area (Å²) < 4.78 is 4.99. The SMILES string of the molecule is CC(C)C1(CNC(=O)[C@@H](C)NC(=O)c2ccco2)CC1. The fourth-order valence-electron chi connectivity index (χ4n) is 2.28. The molecule has 0 radical (unpaired) electrons. The Balaban J connectivity index is 1.79. The predicted octanol–water partition coefficient (Wildman–Crippen LogP) is 1.95. The van der Waals surface area contributed by atoms with Gasteiger partial charge in [0.2, 0.25) is 5.91 Å². The Morgan fingerprint density at radius 1 is 1.35 bits per heavy atom. The molecule has 1 aromatic heterocycles. The number of carbonyl (C=O) groups is 2. The maximum atomic E-state index is 12.0. The van der Waals surface area contributed by atoms with Crippen molar-refractivity contribution in [1.29, 1.82) is 0 Å². The average Bonchev–Trinajstić information content (AvgIpc) is 3.00. The highest BCUT2D eigenvalue weighted by Gasteiger charge is 2.45.